The van der Waals surface area contributed by atoms with Gasteiger partial charge in [0.05, 0.1) is 6.04 Å². The van der Waals surface area contributed by atoms with Gasteiger partial charge in [0.1, 0.15) is 5.69 Å². The molecule has 0 radical (unpaired) electrons. The van der Waals surface area contributed by atoms with Gasteiger partial charge in [-0.3, -0.25) is 19.3 Å². The molecule has 2 aromatic heterocycles. The molecule has 0 saturated carbocycles. The fourth-order valence-corrected chi connectivity index (χ4v) is 2.79. The number of amides is 2. The first-order valence-electron chi connectivity index (χ1n) is 7.58. The Kier molecular flexibility index (Phi) is 4.10. The summed E-state index contributed by atoms with van der Waals surface area (Å²) in [6.07, 6.45) is 4.30. The molecule has 2 amide bonds. The van der Waals surface area contributed by atoms with Crippen molar-refractivity contribution in [3.8, 4) is 0 Å². The van der Waals surface area contributed by atoms with E-state index < -0.39 is 0 Å². The lowest BCUT2D eigenvalue weighted by molar-refractivity contribution is -0.114. The molecule has 1 atom stereocenters. The molecular formula is C16H19N5O2. The van der Waals surface area contributed by atoms with Gasteiger partial charge in [0.2, 0.25) is 5.91 Å². The highest BCUT2D eigenvalue weighted by Crippen LogP contribution is 2.23. The summed E-state index contributed by atoms with van der Waals surface area (Å²) < 4.78 is 1.81. The summed E-state index contributed by atoms with van der Waals surface area (Å²) in [6.45, 7) is 4.61. The van der Waals surface area contributed by atoms with E-state index in [4.69, 9.17) is 0 Å². The van der Waals surface area contributed by atoms with Gasteiger partial charge in [0, 0.05) is 38.5 Å². The van der Waals surface area contributed by atoms with Crippen LogP contribution < -0.4 is 5.32 Å². The maximum absolute atomic E-state index is 12.6. The second kappa shape index (κ2) is 6.20. The van der Waals surface area contributed by atoms with Crippen molar-refractivity contribution in [3.63, 3.8) is 0 Å². The van der Waals surface area contributed by atoms with Crippen LogP contribution in [0.25, 0.3) is 0 Å². The number of carbonyl (C=O) groups is 2. The summed E-state index contributed by atoms with van der Waals surface area (Å²) in [4.78, 5) is 29.6. The third-order valence-electron chi connectivity index (χ3n) is 3.95. The number of hydrogen-bond acceptors (Lipinski definition) is 4. The molecule has 3 rings (SSSR count). The van der Waals surface area contributed by atoms with E-state index in [1.165, 1.54) is 6.92 Å². The Morgan fingerprint density at radius 3 is 2.91 bits per heavy atom. The number of nitrogens with zero attached hydrogens (tertiary/aromatic N) is 4. The maximum atomic E-state index is 12.6. The molecule has 0 unspecified atom stereocenters. The topological polar surface area (TPSA) is 80.1 Å². The largest absolute Gasteiger partial charge is 0.335 e. The third kappa shape index (κ3) is 3.23. The molecule has 0 bridgehead atoms. The van der Waals surface area contributed by atoms with Crippen LogP contribution in [0, 0.1) is 6.92 Å². The van der Waals surface area contributed by atoms with Crippen LogP contribution in [0.3, 0.4) is 0 Å². The SMILES string of the molecule is CC(=O)Nc1ccn([C@H]2CCN(C(=O)c3ncccc3C)C2)n1. The third-order valence-corrected chi connectivity index (χ3v) is 3.95. The Morgan fingerprint density at radius 2 is 2.17 bits per heavy atom. The zero-order valence-corrected chi connectivity index (χ0v) is 13.2. The van der Waals surface area contributed by atoms with Gasteiger partial charge in [-0.2, -0.15) is 5.10 Å². The minimum atomic E-state index is -0.149. The highest BCUT2D eigenvalue weighted by molar-refractivity contribution is 5.93. The molecule has 1 fully saturated rings. The molecule has 1 saturated heterocycles. The fraction of sp³-hybridized carbons (Fsp3) is 0.375. The number of likely N-dealkylation sites (tertiary alicyclic amines) is 1. The molecule has 3 heterocycles. The number of anilines is 1. The van der Waals surface area contributed by atoms with Crippen molar-refractivity contribution >= 4 is 17.6 Å². The van der Waals surface area contributed by atoms with Gasteiger partial charge in [-0.15, -0.1) is 0 Å². The van der Waals surface area contributed by atoms with Crippen LogP contribution in [-0.4, -0.2) is 44.6 Å². The Bertz CT molecular complexity index is 740. The van der Waals surface area contributed by atoms with Gasteiger partial charge in [-0.25, -0.2) is 0 Å². The molecule has 7 nitrogen and oxygen atoms in total. The first kappa shape index (κ1) is 15.2. The van der Waals surface area contributed by atoms with E-state index in [2.05, 4.69) is 15.4 Å². The predicted molar refractivity (Wildman–Crippen MR) is 85.1 cm³/mol. The first-order valence-corrected chi connectivity index (χ1v) is 7.58. The number of rotatable bonds is 3. The van der Waals surface area contributed by atoms with Crippen molar-refractivity contribution in [2.24, 2.45) is 0 Å². The van der Waals surface area contributed by atoms with E-state index in [0.29, 0.717) is 24.6 Å². The van der Waals surface area contributed by atoms with Crippen molar-refractivity contribution in [2.75, 3.05) is 18.4 Å². The number of pyridine rings is 1. The highest BCUT2D eigenvalue weighted by Gasteiger charge is 2.29. The van der Waals surface area contributed by atoms with Crippen molar-refractivity contribution in [1.29, 1.82) is 0 Å². The molecular weight excluding hydrogens is 294 g/mol. The lowest BCUT2D eigenvalue weighted by Gasteiger charge is -2.17. The van der Waals surface area contributed by atoms with Gasteiger partial charge in [-0.05, 0) is 25.0 Å². The summed E-state index contributed by atoms with van der Waals surface area (Å²) in [5.41, 5.74) is 1.39. The molecule has 0 spiro atoms. The number of carbonyl (C=O) groups excluding carboxylic acids is 2. The summed E-state index contributed by atoms with van der Waals surface area (Å²) in [5.74, 6) is 0.340. The molecule has 2 aromatic rings. The predicted octanol–water partition coefficient (Wildman–Crippen LogP) is 1.63. The van der Waals surface area contributed by atoms with Gasteiger partial charge in [-0.1, -0.05) is 6.07 Å². The summed E-state index contributed by atoms with van der Waals surface area (Å²) in [5, 5.41) is 7.00. The molecule has 1 aliphatic heterocycles. The van der Waals surface area contributed by atoms with Gasteiger partial charge in [0.15, 0.2) is 5.82 Å². The van der Waals surface area contributed by atoms with Crippen LogP contribution in [0.2, 0.25) is 0 Å². The lowest BCUT2D eigenvalue weighted by Crippen LogP contribution is -2.30. The normalized spacial score (nSPS) is 17.3. The molecule has 23 heavy (non-hydrogen) atoms. The zero-order chi connectivity index (χ0) is 16.4. The molecule has 0 aliphatic carbocycles. The van der Waals surface area contributed by atoms with E-state index in [1.807, 2.05) is 29.9 Å². The Hall–Kier alpha value is -2.70. The van der Waals surface area contributed by atoms with E-state index in [9.17, 15) is 9.59 Å². The molecule has 7 heteroatoms. The van der Waals surface area contributed by atoms with E-state index in [1.54, 1.807) is 17.2 Å². The van der Waals surface area contributed by atoms with Crippen LogP contribution in [0.15, 0.2) is 30.6 Å². The van der Waals surface area contributed by atoms with Crippen LogP contribution in [0.4, 0.5) is 5.82 Å². The first-order chi connectivity index (χ1) is 11.0. The average molecular weight is 313 g/mol. The second-order valence-electron chi connectivity index (χ2n) is 5.72. The summed E-state index contributed by atoms with van der Waals surface area (Å²) in [7, 11) is 0. The van der Waals surface area contributed by atoms with Crippen LogP contribution in [0.1, 0.15) is 35.4 Å². The Morgan fingerprint density at radius 1 is 1.35 bits per heavy atom. The Balaban J connectivity index is 1.69. The van der Waals surface area contributed by atoms with Crippen LogP contribution in [-0.2, 0) is 4.79 Å². The second-order valence-corrected chi connectivity index (χ2v) is 5.72. The number of aromatic nitrogens is 3. The summed E-state index contributed by atoms with van der Waals surface area (Å²) >= 11 is 0. The number of nitrogens with one attached hydrogen (secondary N) is 1. The molecule has 1 aliphatic rings. The van der Waals surface area contributed by atoms with Crippen molar-refractivity contribution in [2.45, 2.75) is 26.3 Å². The Labute approximate surface area is 134 Å². The van der Waals surface area contributed by atoms with Crippen molar-refractivity contribution in [1.82, 2.24) is 19.7 Å². The van der Waals surface area contributed by atoms with Gasteiger partial charge >= 0.3 is 0 Å². The molecule has 0 aromatic carbocycles. The number of aryl methyl sites for hydroxylation is 1. The van der Waals surface area contributed by atoms with Gasteiger partial charge in [0.25, 0.3) is 5.91 Å². The minimum absolute atomic E-state index is 0.0418. The zero-order valence-electron chi connectivity index (χ0n) is 13.2. The van der Waals surface area contributed by atoms with Crippen LogP contribution in [0.5, 0.6) is 0 Å². The van der Waals surface area contributed by atoms with Crippen molar-refractivity contribution < 1.29 is 9.59 Å². The van der Waals surface area contributed by atoms with Crippen LogP contribution >= 0.6 is 0 Å². The summed E-state index contributed by atoms with van der Waals surface area (Å²) in [6, 6.07) is 5.59. The quantitative estimate of drug-likeness (QED) is 0.934. The monoisotopic (exact) mass is 313 g/mol. The molecule has 120 valence electrons. The minimum Gasteiger partial charge on any atom is -0.335 e. The maximum Gasteiger partial charge on any atom is 0.272 e. The smallest absolute Gasteiger partial charge is 0.272 e. The van der Waals surface area contributed by atoms with E-state index in [0.717, 1.165) is 12.0 Å². The standard InChI is InChI=1S/C16H19N5O2/c1-11-4-3-7-17-15(11)16(23)20-8-5-13(10-20)21-9-6-14(19-21)18-12(2)22/h3-4,6-7,9,13H,5,8,10H2,1-2H3,(H,18,19,22)/t13-/m0/s1. The number of hydrogen-bond donors (Lipinski definition) is 1. The lowest BCUT2D eigenvalue weighted by atomic mass is 10.2. The average Bonchev–Trinajstić information content (AvgIpc) is 3.15. The molecule has 1 N–H and O–H groups in total. The van der Waals surface area contributed by atoms with Crippen molar-refractivity contribution in [3.05, 3.63) is 41.9 Å². The van der Waals surface area contributed by atoms with E-state index >= 15 is 0 Å². The van der Waals surface area contributed by atoms with E-state index in [-0.39, 0.29) is 17.9 Å². The van der Waals surface area contributed by atoms with Gasteiger partial charge < -0.3 is 10.2 Å². The highest BCUT2D eigenvalue weighted by atomic mass is 16.2. The fourth-order valence-electron chi connectivity index (χ4n) is 2.79.